The zero-order chi connectivity index (χ0) is 17.0. The Morgan fingerprint density at radius 2 is 2.23 bits per heavy atom. The molecule has 0 fully saturated rings. The van der Waals surface area contributed by atoms with E-state index < -0.39 is 54.7 Å². The van der Waals surface area contributed by atoms with Gasteiger partial charge in [-0.3, -0.25) is 0 Å². The third kappa shape index (κ3) is 1.65. The zero-order valence-corrected chi connectivity index (χ0v) is 7.86. The minimum absolute atomic E-state index is 0.0922. The van der Waals surface area contributed by atoms with E-state index >= 15 is 0 Å². The van der Waals surface area contributed by atoms with Crippen LogP contribution in [0, 0.1) is 6.85 Å². The van der Waals surface area contributed by atoms with Crippen molar-refractivity contribution in [2.45, 2.75) is 6.85 Å². The number of hydrogen-bond acceptors (Lipinski definition) is 1. The smallest absolute Gasteiger partial charge is 0.124 e. The van der Waals surface area contributed by atoms with Gasteiger partial charge in [0.1, 0.15) is 10.4 Å². The SMILES string of the molecule is [2H]c1c([2H])c([2H])c(-n2c(C([2H])([2H])[2H])nc(Br)c2[2H])c([2H])c1[2H]. The molecule has 0 N–H and O–H groups in total. The van der Waals surface area contributed by atoms with Gasteiger partial charge in [0.15, 0.2) is 0 Å². The molecule has 13 heavy (non-hydrogen) atoms. The van der Waals surface area contributed by atoms with E-state index in [4.69, 9.17) is 12.3 Å². The van der Waals surface area contributed by atoms with Crippen molar-refractivity contribution < 1.29 is 12.3 Å². The molecule has 0 amide bonds. The molecule has 2 rings (SSSR count). The molecule has 1 heterocycles. The van der Waals surface area contributed by atoms with Crippen molar-refractivity contribution in [2.24, 2.45) is 0 Å². The molecule has 1 aromatic carbocycles. The van der Waals surface area contributed by atoms with Gasteiger partial charge in [-0.15, -0.1) is 0 Å². The molecule has 0 saturated carbocycles. The lowest BCUT2D eigenvalue weighted by atomic mass is 10.3. The van der Waals surface area contributed by atoms with Crippen LogP contribution in [-0.2, 0) is 0 Å². The predicted molar refractivity (Wildman–Crippen MR) is 56.0 cm³/mol. The third-order valence-electron chi connectivity index (χ3n) is 1.33. The van der Waals surface area contributed by atoms with Crippen molar-refractivity contribution in [3.63, 3.8) is 0 Å². The topological polar surface area (TPSA) is 17.8 Å². The van der Waals surface area contributed by atoms with Crippen molar-refractivity contribution in [1.29, 1.82) is 0 Å². The summed E-state index contributed by atoms with van der Waals surface area (Å²) < 4.78 is 69.5. The molecule has 0 bridgehead atoms. The van der Waals surface area contributed by atoms with Crippen molar-refractivity contribution >= 4 is 15.9 Å². The van der Waals surface area contributed by atoms with Gasteiger partial charge >= 0.3 is 0 Å². The number of imidazole rings is 1. The molecular weight excluding hydrogens is 228 g/mol. The molecule has 1 aromatic heterocycles. The minimum Gasteiger partial charge on any atom is -0.303 e. The summed E-state index contributed by atoms with van der Waals surface area (Å²) in [5.74, 6) is -0.553. The van der Waals surface area contributed by atoms with E-state index in [1.165, 1.54) is 0 Å². The fourth-order valence-electron chi connectivity index (χ4n) is 0.830. The van der Waals surface area contributed by atoms with Gasteiger partial charge in [-0.1, -0.05) is 18.1 Å². The summed E-state index contributed by atoms with van der Waals surface area (Å²) >= 11 is 2.93. The van der Waals surface area contributed by atoms with E-state index in [9.17, 15) is 0 Å². The Morgan fingerprint density at radius 3 is 2.92 bits per heavy atom. The number of aromatic nitrogens is 2. The molecule has 0 spiro atoms. The van der Waals surface area contributed by atoms with Crippen LogP contribution in [0.2, 0.25) is 0 Å². The normalized spacial score (nSPS) is 21.2. The summed E-state index contributed by atoms with van der Waals surface area (Å²) in [7, 11) is 0. The second-order valence-electron chi connectivity index (χ2n) is 2.15. The Balaban J connectivity index is 2.96. The number of hydrogen-bond donors (Lipinski definition) is 0. The van der Waals surface area contributed by atoms with Crippen LogP contribution in [0.15, 0.2) is 41.0 Å². The summed E-state index contributed by atoms with van der Waals surface area (Å²) in [5.41, 5.74) is -0.416. The Bertz CT molecular complexity index is 736. The molecule has 66 valence electrons. The number of nitrogens with zero attached hydrogens (tertiary/aromatic N) is 2. The highest BCUT2D eigenvalue weighted by molar-refractivity contribution is 9.10. The first-order valence-corrected chi connectivity index (χ1v) is 4.10. The Morgan fingerprint density at radius 1 is 1.46 bits per heavy atom. The zero-order valence-electron chi connectivity index (χ0n) is 15.3. The lowest BCUT2D eigenvalue weighted by Gasteiger charge is -2.02. The maximum atomic E-state index is 7.89. The average Bonchev–Trinajstić information content (AvgIpc) is 2.72. The summed E-state index contributed by atoms with van der Waals surface area (Å²) in [6.07, 6.45) is -0.412. The number of rotatable bonds is 1. The number of aryl methyl sites for hydroxylation is 1. The first-order valence-electron chi connectivity index (χ1n) is 7.81. The number of para-hydroxylation sites is 1. The first kappa shape index (κ1) is 2.95. The largest absolute Gasteiger partial charge is 0.303 e. The maximum Gasteiger partial charge on any atom is 0.124 e. The van der Waals surface area contributed by atoms with Gasteiger partial charge in [0.05, 0.1) is 8.22 Å². The average molecular weight is 246 g/mol. The Kier molecular flexibility index (Phi) is 0.759. The van der Waals surface area contributed by atoms with Crippen LogP contribution >= 0.6 is 15.9 Å². The van der Waals surface area contributed by atoms with Crippen LogP contribution < -0.4 is 0 Å². The third-order valence-corrected chi connectivity index (χ3v) is 1.68. The van der Waals surface area contributed by atoms with Gasteiger partial charge in [-0.25, -0.2) is 4.98 Å². The lowest BCUT2D eigenvalue weighted by Crippen LogP contribution is -1.93. The van der Waals surface area contributed by atoms with Crippen molar-refractivity contribution in [3.05, 3.63) is 46.8 Å². The highest BCUT2D eigenvalue weighted by Crippen LogP contribution is 2.14. The van der Waals surface area contributed by atoms with Crippen molar-refractivity contribution in [1.82, 2.24) is 9.55 Å². The minimum atomic E-state index is -2.72. The number of halogens is 1. The van der Waals surface area contributed by atoms with Crippen molar-refractivity contribution in [3.8, 4) is 5.69 Å². The molecular formula is C10H9BrN2. The monoisotopic (exact) mass is 245 g/mol. The van der Waals surface area contributed by atoms with Gasteiger partial charge in [-0.05, 0) is 34.9 Å². The van der Waals surface area contributed by atoms with Crippen LogP contribution in [0.1, 0.15) is 18.2 Å². The summed E-state index contributed by atoms with van der Waals surface area (Å²) in [4.78, 5) is 3.72. The Labute approximate surface area is 98.0 Å². The van der Waals surface area contributed by atoms with E-state index in [0.29, 0.717) is 0 Å². The highest BCUT2D eigenvalue weighted by Gasteiger charge is 2.01. The first-order chi connectivity index (χ1) is 9.98. The fraction of sp³-hybridized carbons (Fsp3) is 0.100. The molecule has 2 aromatic rings. The van der Waals surface area contributed by atoms with Crippen molar-refractivity contribution in [2.75, 3.05) is 0 Å². The molecule has 0 aliphatic carbocycles. The molecule has 0 saturated heterocycles. The van der Waals surface area contributed by atoms with Gasteiger partial charge < -0.3 is 4.57 Å². The van der Waals surface area contributed by atoms with E-state index in [2.05, 4.69) is 20.9 Å². The van der Waals surface area contributed by atoms with E-state index in [1.54, 1.807) is 0 Å². The second-order valence-corrected chi connectivity index (χ2v) is 2.90. The van der Waals surface area contributed by atoms with Gasteiger partial charge in [-0.2, -0.15) is 0 Å². The van der Waals surface area contributed by atoms with E-state index in [1.807, 2.05) is 0 Å². The summed E-state index contributed by atoms with van der Waals surface area (Å²) in [5, 5.41) is 0. The molecule has 0 aliphatic rings. The van der Waals surface area contributed by atoms with Crippen LogP contribution in [-0.4, -0.2) is 9.55 Å². The van der Waals surface area contributed by atoms with E-state index in [-0.39, 0.29) is 4.60 Å². The Hall–Kier alpha value is -1.09. The van der Waals surface area contributed by atoms with Crippen LogP contribution in [0.3, 0.4) is 0 Å². The second kappa shape index (κ2) is 3.34. The number of benzene rings is 1. The maximum absolute atomic E-state index is 7.89. The van der Waals surface area contributed by atoms with Crippen LogP contribution in [0.4, 0.5) is 0 Å². The van der Waals surface area contributed by atoms with Crippen LogP contribution in [0.25, 0.3) is 5.69 Å². The molecule has 0 aliphatic heterocycles. The molecule has 0 unspecified atom stereocenters. The van der Waals surface area contributed by atoms with Gasteiger partial charge in [0.25, 0.3) is 0 Å². The quantitative estimate of drug-likeness (QED) is 0.756. The van der Waals surface area contributed by atoms with Gasteiger partial charge in [0.2, 0.25) is 0 Å². The molecule has 3 heteroatoms. The standard InChI is InChI=1S/C10H9BrN2/c1-8-12-10(11)7-13(8)9-5-3-2-4-6-9/h2-7H,1H3/i1D3,2D,3D,4D,5D,6D,7D. The molecule has 2 nitrogen and oxygen atoms in total. The summed E-state index contributed by atoms with van der Waals surface area (Å²) in [6, 6.07) is -3.03. The molecule has 0 radical (unpaired) electrons. The van der Waals surface area contributed by atoms with E-state index in [0.717, 1.165) is 4.57 Å². The van der Waals surface area contributed by atoms with Crippen LogP contribution in [0.5, 0.6) is 0 Å². The summed E-state index contributed by atoms with van der Waals surface area (Å²) in [6.45, 7) is -2.72. The molecule has 0 atom stereocenters. The van der Waals surface area contributed by atoms with Gasteiger partial charge in [0, 0.05) is 16.0 Å². The predicted octanol–water partition coefficient (Wildman–Crippen LogP) is 2.94. The highest BCUT2D eigenvalue weighted by atomic mass is 79.9. The lowest BCUT2D eigenvalue weighted by molar-refractivity contribution is 0.975. The fourth-order valence-corrected chi connectivity index (χ4v) is 1.18.